The van der Waals surface area contributed by atoms with Crippen LogP contribution < -0.4 is 0 Å². The van der Waals surface area contributed by atoms with Gasteiger partial charge in [0.05, 0.1) is 15.9 Å². The lowest BCUT2D eigenvalue weighted by Crippen LogP contribution is -1.98. The topological polar surface area (TPSA) is 12.9 Å². The molecule has 0 radical (unpaired) electrons. The smallest absolute Gasteiger partial charge is 0.134 e. The number of halogens is 2. The molecule has 0 bridgehead atoms. The molecule has 0 aliphatic rings. The lowest BCUT2D eigenvalue weighted by molar-refractivity contribution is 0.639. The Labute approximate surface area is 99.3 Å². The van der Waals surface area contributed by atoms with Gasteiger partial charge < -0.3 is 0 Å². The molecule has 0 amide bonds. The van der Waals surface area contributed by atoms with E-state index in [9.17, 15) is 4.39 Å². The van der Waals surface area contributed by atoms with Crippen LogP contribution in [0.3, 0.4) is 0 Å². The summed E-state index contributed by atoms with van der Waals surface area (Å²) >= 11 is 6.21. The largest absolute Gasteiger partial charge is 0.252 e. The Morgan fingerprint density at radius 2 is 2.00 bits per heavy atom. The lowest BCUT2D eigenvalue weighted by Gasteiger charge is -2.11. The Morgan fingerprint density at radius 3 is 2.62 bits per heavy atom. The van der Waals surface area contributed by atoms with Crippen molar-refractivity contribution in [2.24, 2.45) is 0 Å². The van der Waals surface area contributed by atoms with E-state index in [-0.39, 0.29) is 5.82 Å². The van der Waals surface area contributed by atoms with Crippen LogP contribution in [0.2, 0.25) is 5.02 Å². The average molecular weight is 238 g/mol. The summed E-state index contributed by atoms with van der Waals surface area (Å²) in [6, 6.07) is 3.17. The van der Waals surface area contributed by atoms with Crippen molar-refractivity contribution in [3.63, 3.8) is 0 Å². The number of benzene rings is 1. The van der Waals surface area contributed by atoms with E-state index in [1.54, 1.807) is 6.07 Å². The number of hydrogen-bond acceptors (Lipinski definition) is 1. The molecule has 0 unspecified atom stereocenters. The summed E-state index contributed by atoms with van der Waals surface area (Å²) in [5.74, 6) is -0.302. The van der Waals surface area contributed by atoms with Crippen LogP contribution in [-0.2, 0) is 6.42 Å². The molecule has 3 heteroatoms. The van der Waals surface area contributed by atoms with Crippen molar-refractivity contribution >= 4 is 22.5 Å². The van der Waals surface area contributed by atoms with Gasteiger partial charge in [-0.1, -0.05) is 24.6 Å². The highest BCUT2D eigenvalue weighted by Crippen LogP contribution is 2.31. The van der Waals surface area contributed by atoms with E-state index in [0.717, 1.165) is 23.2 Å². The van der Waals surface area contributed by atoms with E-state index >= 15 is 0 Å². The zero-order valence-corrected chi connectivity index (χ0v) is 10.3. The molecule has 0 N–H and O–H groups in total. The summed E-state index contributed by atoms with van der Waals surface area (Å²) in [4.78, 5) is 4.49. The van der Waals surface area contributed by atoms with Crippen molar-refractivity contribution in [2.75, 3.05) is 0 Å². The highest BCUT2D eigenvalue weighted by Gasteiger charge is 2.13. The maximum Gasteiger partial charge on any atom is 0.134 e. The second-order valence-electron chi connectivity index (χ2n) is 3.94. The molecule has 0 aliphatic heterocycles. The molecule has 0 aliphatic carbocycles. The molecule has 2 aromatic rings. The van der Waals surface area contributed by atoms with Gasteiger partial charge in [0.15, 0.2) is 0 Å². The minimum atomic E-state index is -0.302. The van der Waals surface area contributed by atoms with Gasteiger partial charge in [0, 0.05) is 5.69 Å². The first-order valence-corrected chi connectivity index (χ1v) is 5.67. The van der Waals surface area contributed by atoms with Crippen LogP contribution in [0.1, 0.15) is 23.7 Å². The number of rotatable bonds is 1. The fourth-order valence-corrected chi connectivity index (χ4v) is 2.19. The van der Waals surface area contributed by atoms with Crippen LogP contribution in [0.25, 0.3) is 10.9 Å². The molecule has 1 heterocycles. The fraction of sp³-hybridized carbons (Fsp3) is 0.308. The van der Waals surface area contributed by atoms with Crippen LogP contribution in [0.15, 0.2) is 12.1 Å². The predicted molar refractivity (Wildman–Crippen MR) is 65.6 cm³/mol. The third-order valence-electron chi connectivity index (χ3n) is 2.89. The molecule has 0 spiro atoms. The van der Waals surface area contributed by atoms with E-state index in [1.165, 1.54) is 6.07 Å². The number of nitrogens with zero attached hydrogens (tertiary/aromatic N) is 1. The second kappa shape index (κ2) is 4.02. The van der Waals surface area contributed by atoms with Crippen LogP contribution in [0.5, 0.6) is 0 Å². The molecule has 0 atom stereocenters. The third kappa shape index (κ3) is 1.57. The molecule has 1 aromatic heterocycles. The van der Waals surface area contributed by atoms with Crippen molar-refractivity contribution < 1.29 is 4.39 Å². The van der Waals surface area contributed by atoms with Gasteiger partial charge in [-0.2, -0.15) is 0 Å². The number of aryl methyl sites for hydroxylation is 2. The molecule has 1 aromatic carbocycles. The summed E-state index contributed by atoms with van der Waals surface area (Å²) in [5.41, 5.74) is 3.44. The van der Waals surface area contributed by atoms with Gasteiger partial charge in [0.2, 0.25) is 0 Å². The van der Waals surface area contributed by atoms with Crippen molar-refractivity contribution in [1.82, 2.24) is 4.98 Å². The van der Waals surface area contributed by atoms with Crippen molar-refractivity contribution in [1.29, 1.82) is 0 Å². The summed E-state index contributed by atoms with van der Waals surface area (Å²) in [5, 5.41) is 0.930. The Balaban J connectivity index is 2.97. The summed E-state index contributed by atoms with van der Waals surface area (Å²) in [6.07, 6.45) is 0.803. The van der Waals surface area contributed by atoms with Crippen molar-refractivity contribution in [3.05, 3.63) is 39.8 Å². The van der Waals surface area contributed by atoms with E-state index in [2.05, 4.69) is 4.98 Å². The van der Waals surface area contributed by atoms with Crippen LogP contribution >= 0.6 is 11.6 Å². The minimum absolute atomic E-state index is 0.302. The number of pyridine rings is 1. The maximum atomic E-state index is 13.7. The zero-order valence-electron chi connectivity index (χ0n) is 9.56. The Morgan fingerprint density at radius 1 is 1.31 bits per heavy atom. The minimum Gasteiger partial charge on any atom is -0.252 e. The first-order valence-electron chi connectivity index (χ1n) is 5.30. The molecule has 0 saturated carbocycles. The van der Waals surface area contributed by atoms with Crippen molar-refractivity contribution in [3.8, 4) is 0 Å². The summed E-state index contributed by atoms with van der Waals surface area (Å²) in [7, 11) is 0. The number of hydrogen-bond donors (Lipinski definition) is 0. The molecule has 0 saturated heterocycles. The summed E-state index contributed by atoms with van der Waals surface area (Å²) in [6.45, 7) is 5.82. The Hall–Kier alpha value is -1.15. The Kier molecular flexibility index (Phi) is 2.85. The molecule has 0 fully saturated rings. The van der Waals surface area contributed by atoms with E-state index in [4.69, 9.17) is 11.6 Å². The summed E-state index contributed by atoms with van der Waals surface area (Å²) < 4.78 is 13.7. The van der Waals surface area contributed by atoms with Crippen LogP contribution in [0, 0.1) is 19.7 Å². The SMILES string of the molecule is CCc1nc2c(C)ccc(F)c2c(Cl)c1C. The normalized spacial score (nSPS) is 11.1. The average Bonchev–Trinajstić information content (AvgIpc) is 2.27. The van der Waals surface area contributed by atoms with E-state index < -0.39 is 0 Å². The van der Waals surface area contributed by atoms with Gasteiger partial charge in [-0.15, -0.1) is 0 Å². The van der Waals surface area contributed by atoms with Crippen LogP contribution in [0.4, 0.5) is 4.39 Å². The maximum absolute atomic E-state index is 13.7. The molecule has 2 rings (SSSR count). The first kappa shape index (κ1) is 11.3. The number of aromatic nitrogens is 1. The molecule has 84 valence electrons. The molecular weight excluding hydrogens is 225 g/mol. The highest BCUT2D eigenvalue weighted by molar-refractivity contribution is 6.36. The first-order chi connectivity index (χ1) is 7.56. The van der Waals surface area contributed by atoms with Gasteiger partial charge in [-0.3, -0.25) is 4.98 Å². The number of fused-ring (bicyclic) bond motifs is 1. The predicted octanol–water partition coefficient (Wildman–Crippen LogP) is 4.21. The van der Waals surface area contributed by atoms with Crippen LogP contribution in [-0.4, -0.2) is 4.98 Å². The zero-order chi connectivity index (χ0) is 11.9. The second-order valence-corrected chi connectivity index (χ2v) is 4.32. The third-order valence-corrected chi connectivity index (χ3v) is 3.36. The fourth-order valence-electron chi connectivity index (χ4n) is 1.90. The van der Waals surface area contributed by atoms with Gasteiger partial charge in [0.1, 0.15) is 5.82 Å². The quantitative estimate of drug-likeness (QED) is 0.724. The standard InChI is InChI=1S/C13H13ClFN/c1-4-10-8(3)12(14)11-9(15)6-5-7(2)13(11)16-10/h5-6H,4H2,1-3H3. The van der Waals surface area contributed by atoms with Gasteiger partial charge in [-0.25, -0.2) is 4.39 Å². The highest BCUT2D eigenvalue weighted by atomic mass is 35.5. The van der Waals surface area contributed by atoms with Gasteiger partial charge in [-0.05, 0) is 37.5 Å². The van der Waals surface area contributed by atoms with Crippen molar-refractivity contribution in [2.45, 2.75) is 27.2 Å². The van der Waals surface area contributed by atoms with E-state index in [1.807, 2.05) is 20.8 Å². The molecular formula is C13H13ClFN. The van der Waals surface area contributed by atoms with Gasteiger partial charge in [0.25, 0.3) is 0 Å². The van der Waals surface area contributed by atoms with Gasteiger partial charge >= 0.3 is 0 Å². The lowest BCUT2D eigenvalue weighted by atomic mass is 10.1. The van der Waals surface area contributed by atoms with E-state index in [0.29, 0.717) is 15.9 Å². The monoisotopic (exact) mass is 237 g/mol. The Bertz CT molecular complexity index is 564. The molecule has 1 nitrogen and oxygen atoms in total. The molecule has 16 heavy (non-hydrogen) atoms.